The maximum absolute atomic E-state index is 12.1. The van der Waals surface area contributed by atoms with Gasteiger partial charge in [-0.25, -0.2) is 0 Å². The molecule has 0 aliphatic heterocycles. The Hall–Kier alpha value is -3.55. The van der Waals surface area contributed by atoms with Crippen LogP contribution in [0.4, 0.5) is 5.69 Å². The quantitative estimate of drug-likeness (QED) is 0.634. The minimum atomic E-state index is -0.525. The molecular weight excluding hydrogens is 362 g/mol. The fourth-order valence-electron chi connectivity index (χ4n) is 2.23. The minimum Gasteiger partial charge on any atom is -0.493 e. The molecule has 8 nitrogen and oxygen atoms in total. The Bertz CT molecular complexity index is 849. The number of hydrazine groups is 1. The smallest absolute Gasteiger partial charge is 0.276 e. The van der Waals surface area contributed by atoms with Crippen LogP contribution < -0.4 is 25.6 Å². The van der Waals surface area contributed by atoms with E-state index in [4.69, 9.17) is 9.47 Å². The minimum absolute atomic E-state index is 0.116. The summed E-state index contributed by atoms with van der Waals surface area (Å²) in [7, 11) is 1.51. The van der Waals surface area contributed by atoms with Gasteiger partial charge < -0.3 is 14.8 Å². The zero-order valence-electron chi connectivity index (χ0n) is 16.0. The lowest BCUT2D eigenvalue weighted by molar-refractivity contribution is -0.123. The number of rotatable bonds is 7. The predicted octanol–water partition coefficient (Wildman–Crippen LogP) is 2.19. The van der Waals surface area contributed by atoms with Crippen LogP contribution in [-0.4, -0.2) is 31.4 Å². The largest absolute Gasteiger partial charge is 0.493 e. The van der Waals surface area contributed by atoms with Gasteiger partial charge in [0.05, 0.1) is 7.11 Å². The molecule has 0 aliphatic rings. The monoisotopic (exact) mass is 385 g/mol. The summed E-state index contributed by atoms with van der Waals surface area (Å²) in [6.07, 6.45) is 0.366. The van der Waals surface area contributed by atoms with E-state index >= 15 is 0 Å². The topological polar surface area (TPSA) is 106 Å². The highest BCUT2D eigenvalue weighted by Gasteiger charge is 2.10. The van der Waals surface area contributed by atoms with Gasteiger partial charge in [-0.3, -0.25) is 25.2 Å². The Labute approximate surface area is 163 Å². The SMILES string of the molecule is CCC(=O)Nc1ccc(C(=O)NNC(=O)COc2ccc(C)cc2OC)cc1. The molecule has 3 N–H and O–H groups in total. The molecule has 0 aromatic heterocycles. The van der Waals surface area contributed by atoms with E-state index in [1.807, 2.05) is 13.0 Å². The molecular formula is C20H23N3O5. The molecule has 28 heavy (non-hydrogen) atoms. The number of hydrogen-bond donors (Lipinski definition) is 3. The lowest BCUT2D eigenvalue weighted by atomic mass is 10.2. The summed E-state index contributed by atoms with van der Waals surface area (Å²) in [6.45, 7) is 3.37. The highest BCUT2D eigenvalue weighted by Crippen LogP contribution is 2.27. The second-order valence-corrected chi connectivity index (χ2v) is 5.92. The van der Waals surface area contributed by atoms with Gasteiger partial charge in [-0.1, -0.05) is 13.0 Å². The van der Waals surface area contributed by atoms with E-state index < -0.39 is 11.8 Å². The van der Waals surface area contributed by atoms with E-state index in [1.165, 1.54) is 7.11 Å². The molecule has 0 fully saturated rings. The van der Waals surface area contributed by atoms with Crippen LogP contribution in [0.5, 0.6) is 11.5 Å². The summed E-state index contributed by atoms with van der Waals surface area (Å²) in [5.41, 5.74) is 6.51. The molecule has 0 spiro atoms. The molecule has 0 unspecified atom stereocenters. The number of carbonyl (C=O) groups excluding carboxylic acids is 3. The number of nitrogens with one attached hydrogen (secondary N) is 3. The summed E-state index contributed by atoms with van der Waals surface area (Å²) in [5.74, 6) is -0.182. The van der Waals surface area contributed by atoms with E-state index in [-0.39, 0.29) is 12.5 Å². The van der Waals surface area contributed by atoms with Gasteiger partial charge in [0.1, 0.15) is 0 Å². The van der Waals surface area contributed by atoms with Crippen LogP contribution in [0.3, 0.4) is 0 Å². The normalized spacial score (nSPS) is 9.96. The second-order valence-electron chi connectivity index (χ2n) is 5.92. The van der Waals surface area contributed by atoms with Crippen molar-refractivity contribution in [2.75, 3.05) is 19.0 Å². The van der Waals surface area contributed by atoms with Gasteiger partial charge in [-0.2, -0.15) is 0 Å². The van der Waals surface area contributed by atoms with Gasteiger partial charge in [-0.05, 0) is 48.9 Å². The summed E-state index contributed by atoms with van der Waals surface area (Å²) in [6, 6.07) is 11.6. The Kier molecular flexibility index (Phi) is 7.38. The Balaban J connectivity index is 1.82. The van der Waals surface area contributed by atoms with E-state index in [9.17, 15) is 14.4 Å². The van der Waals surface area contributed by atoms with Crippen molar-refractivity contribution in [2.45, 2.75) is 20.3 Å². The number of carbonyl (C=O) groups is 3. The molecule has 2 aromatic carbocycles. The molecule has 2 rings (SSSR count). The van der Waals surface area contributed by atoms with Gasteiger partial charge in [0, 0.05) is 17.7 Å². The van der Waals surface area contributed by atoms with Crippen molar-refractivity contribution < 1.29 is 23.9 Å². The summed E-state index contributed by atoms with van der Waals surface area (Å²) in [5, 5.41) is 2.69. The molecule has 2 aromatic rings. The number of ether oxygens (including phenoxy) is 2. The number of methoxy groups -OCH3 is 1. The molecule has 0 saturated heterocycles. The molecule has 0 bridgehead atoms. The molecule has 3 amide bonds. The van der Waals surface area contributed by atoms with Crippen LogP contribution in [0.25, 0.3) is 0 Å². The molecule has 0 heterocycles. The third kappa shape index (κ3) is 6.01. The van der Waals surface area contributed by atoms with Crippen LogP contribution in [0.15, 0.2) is 42.5 Å². The number of benzene rings is 2. The number of anilines is 1. The highest BCUT2D eigenvalue weighted by atomic mass is 16.5. The fourth-order valence-corrected chi connectivity index (χ4v) is 2.23. The first-order chi connectivity index (χ1) is 13.4. The Morgan fingerprint density at radius 3 is 2.29 bits per heavy atom. The van der Waals surface area contributed by atoms with Gasteiger partial charge in [0.25, 0.3) is 11.8 Å². The van der Waals surface area contributed by atoms with Crippen LogP contribution >= 0.6 is 0 Å². The summed E-state index contributed by atoms with van der Waals surface area (Å²) >= 11 is 0. The average molecular weight is 385 g/mol. The highest BCUT2D eigenvalue weighted by molar-refractivity contribution is 5.96. The summed E-state index contributed by atoms with van der Waals surface area (Å²) < 4.78 is 10.6. The van der Waals surface area contributed by atoms with Crippen molar-refractivity contribution in [2.24, 2.45) is 0 Å². The van der Waals surface area contributed by atoms with Crippen LogP contribution in [-0.2, 0) is 9.59 Å². The van der Waals surface area contributed by atoms with E-state index in [2.05, 4.69) is 16.2 Å². The van der Waals surface area contributed by atoms with Crippen LogP contribution in [0.2, 0.25) is 0 Å². The number of amides is 3. The molecule has 0 radical (unpaired) electrons. The maximum Gasteiger partial charge on any atom is 0.276 e. The third-order valence-electron chi connectivity index (χ3n) is 3.75. The second kappa shape index (κ2) is 9.96. The maximum atomic E-state index is 12.1. The van der Waals surface area contributed by atoms with Crippen LogP contribution in [0.1, 0.15) is 29.3 Å². The van der Waals surface area contributed by atoms with Crippen LogP contribution in [0, 0.1) is 6.92 Å². The standard InChI is InChI=1S/C20H23N3O5/c1-4-18(24)21-15-8-6-14(7-9-15)20(26)23-22-19(25)12-28-16-10-5-13(2)11-17(16)27-3/h5-11H,4,12H2,1-3H3,(H,21,24)(H,22,25)(H,23,26). The fraction of sp³-hybridized carbons (Fsp3) is 0.250. The lowest BCUT2D eigenvalue weighted by Crippen LogP contribution is -2.43. The van der Waals surface area contributed by atoms with Crippen molar-refractivity contribution in [1.29, 1.82) is 0 Å². The van der Waals surface area contributed by atoms with Crippen molar-refractivity contribution in [3.63, 3.8) is 0 Å². The zero-order valence-corrected chi connectivity index (χ0v) is 16.0. The van der Waals surface area contributed by atoms with Gasteiger partial charge in [0.15, 0.2) is 18.1 Å². The molecule has 0 atom stereocenters. The molecule has 0 saturated carbocycles. The molecule has 148 valence electrons. The van der Waals surface area contributed by atoms with Gasteiger partial charge >= 0.3 is 0 Å². The zero-order chi connectivity index (χ0) is 20.5. The van der Waals surface area contributed by atoms with Crippen molar-refractivity contribution >= 4 is 23.4 Å². The first-order valence-corrected chi connectivity index (χ1v) is 8.69. The number of aryl methyl sites for hydroxylation is 1. The van der Waals surface area contributed by atoms with Crippen molar-refractivity contribution in [3.8, 4) is 11.5 Å². The van der Waals surface area contributed by atoms with E-state index in [1.54, 1.807) is 43.3 Å². The average Bonchev–Trinajstić information content (AvgIpc) is 2.71. The Morgan fingerprint density at radius 2 is 1.64 bits per heavy atom. The van der Waals surface area contributed by atoms with Gasteiger partial charge in [0.2, 0.25) is 5.91 Å². The first kappa shape index (κ1) is 20.8. The molecule has 8 heteroatoms. The Morgan fingerprint density at radius 1 is 0.929 bits per heavy atom. The van der Waals surface area contributed by atoms with Gasteiger partial charge in [-0.15, -0.1) is 0 Å². The van der Waals surface area contributed by atoms with E-state index in [0.29, 0.717) is 29.2 Å². The van der Waals surface area contributed by atoms with E-state index in [0.717, 1.165) is 5.56 Å². The predicted molar refractivity (Wildman–Crippen MR) is 104 cm³/mol. The number of hydrogen-bond acceptors (Lipinski definition) is 5. The summed E-state index contributed by atoms with van der Waals surface area (Å²) in [4.78, 5) is 35.3. The third-order valence-corrected chi connectivity index (χ3v) is 3.75. The van der Waals surface area contributed by atoms with Crippen molar-refractivity contribution in [3.05, 3.63) is 53.6 Å². The lowest BCUT2D eigenvalue weighted by Gasteiger charge is -2.12. The van der Waals surface area contributed by atoms with Crippen molar-refractivity contribution in [1.82, 2.24) is 10.9 Å². The first-order valence-electron chi connectivity index (χ1n) is 8.69. The molecule has 0 aliphatic carbocycles.